The summed E-state index contributed by atoms with van der Waals surface area (Å²) < 4.78 is 0. The first-order chi connectivity index (χ1) is 14.4. The molecule has 0 heterocycles. The van der Waals surface area contributed by atoms with Crippen LogP contribution in [-0.2, 0) is 0 Å². The maximum absolute atomic E-state index is 2.39. The van der Waals surface area contributed by atoms with Gasteiger partial charge in [-0.1, -0.05) is 153 Å². The van der Waals surface area contributed by atoms with E-state index in [1.807, 2.05) is 0 Å². The van der Waals surface area contributed by atoms with Gasteiger partial charge in [0.2, 0.25) is 0 Å². The summed E-state index contributed by atoms with van der Waals surface area (Å²) in [5, 5.41) is 0. The molecule has 0 aliphatic heterocycles. The lowest BCUT2D eigenvalue weighted by Gasteiger charge is -2.01. The molecule has 0 aliphatic carbocycles. The maximum atomic E-state index is 2.39. The number of hydrogen-bond donors (Lipinski definition) is 0. The van der Waals surface area contributed by atoms with E-state index < -0.39 is 0 Å². The van der Waals surface area contributed by atoms with Crippen LogP contribution in [-0.4, -0.2) is 0 Å². The third kappa shape index (κ3) is 27.9. The zero-order valence-corrected chi connectivity index (χ0v) is 21.2. The molecule has 29 heavy (non-hydrogen) atoms. The Kier molecular flexibility index (Phi) is 27.8. The van der Waals surface area contributed by atoms with Gasteiger partial charge in [0.1, 0.15) is 0 Å². The van der Waals surface area contributed by atoms with Crippen LogP contribution >= 0.6 is 8.58 Å². The molecule has 1 heteroatoms. The molecule has 171 valence electrons. The second-order valence-corrected chi connectivity index (χ2v) is 9.75. The maximum Gasteiger partial charge on any atom is -0.0267 e. The minimum absolute atomic E-state index is 1.27. The molecule has 0 amide bonds. The van der Waals surface area contributed by atoms with E-state index >= 15 is 0 Å². The SMILES string of the molecule is CCCCCCCCCCCC/C=C/[P]/C=C/CCCCCCCCCCCC. The van der Waals surface area contributed by atoms with Gasteiger partial charge in [-0.3, -0.25) is 0 Å². The lowest BCUT2D eigenvalue weighted by molar-refractivity contribution is 0.557. The molecule has 0 fully saturated rings. The van der Waals surface area contributed by atoms with Crippen LogP contribution in [0.5, 0.6) is 0 Å². The van der Waals surface area contributed by atoms with E-state index in [2.05, 4.69) is 37.6 Å². The molecule has 0 aromatic carbocycles. The van der Waals surface area contributed by atoms with Crippen LogP contribution in [0.25, 0.3) is 0 Å². The van der Waals surface area contributed by atoms with E-state index in [4.69, 9.17) is 0 Å². The average molecular weight is 422 g/mol. The van der Waals surface area contributed by atoms with Crippen LogP contribution in [0.4, 0.5) is 0 Å². The first-order valence-electron chi connectivity index (χ1n) is 13.4. The lowest BCUT2D eigenvalue weighted by atomic mass is 10.1. The highest BCUT2D eigenvalue weighted by atomic mass is 31.1. The van der Waals surface area contributed by atoms with Gasteiger partial charge in [-0.25, -0.2) is 0 Å². The van der Waals surface area contributed by atoms with Crippen molar-refractivity contribution in [2.24, 2.45) is 0 Å². The molecule has 0 N–H and O–H groups in total. The molecular formula is C28H54P. The van der Waals surface area contributed by atoms with Crippen molar-refractivity contribution in [3.05, 3.63) is 23.8 Å². The van der Waals surface area contributed by atoms with Crippen LogP contribution in [0.3, 0.4) is 0 Å². The molecule has 0 rings (SSSR count). The fourth-order valence-electron chi connectivity index (χ4n) is 3.82. The Morgan fingerprint density at radius 1 is 0.379 bits per heavy atom. The number of rotatable bonds is 24. The first-order valence-corrected chi connectivity index (χ1v) is 14.4. The third-order valence-electron chi connectivity index (χ3n) is 5.83. The van der Waals surface area contributed by atoms with Gasteiger partial charge in [0.05, 0.1) is 0 Å². The summed E-state index contributed by atoms with van der Waals surface area (Å²) in [5.41, 5.74) is 0. The van der Waals surface area contributed by atoms with Gasteiger partial charge in [0, 0.05) is 0 Å². The molecule has 1 radical (unpaired) electrons. The summed E-state index contributed by atoms with van der Waals surface area (Å²) in [6, 6.07) is 0. The van der Waals surface area contributed by atoms with Crippen molar-refractivity contribution in [1.29, 1.82) is 0 Å². The predicted molar refractivity (Wildman–Crippen MR) is 138 cm³/mol. The summed E-state index contributed by atoms with van der Waals surface area (Å²) in [7, 11) is 1.37. The smallest absolute Gasteiger partial charge is 0.0267 e. The van der Waals surface area contributed by atoms with Crippen molar-refractivity contribution in [1.82, 2.24) is 0 Å². The Morgan fingerprint density at radius 2 is 0.655 bits per heavy atom. The Balaban J connectivity index is 3.14. The zero-order valence-electron chi connectivity index (χ0n) is 20.3. The summed E-state index contributed by atoms with van der Waals surface area (Å²) in [6.07, 6.45) is 36.0. The fourth-order valence-corrected chi connectivity index (χ4v) is 4.46. The average Bonchev–Trinajstić information content (AvgIpc) is 2.74. The third-order valence-corrected chi connectivity index (χ3v) is 6.60. The highest BCUT2D eigenvalue weighted by molar-refractivity contribution is 7.45. The summed E-state index contributed by atoms with van der Waals surface area (Å²) in [6.45, 7) is 4.59. The highest BCUT2D eigenvalue weighted by Crippen LogP contribution is 2.17. The minimum atomic E-state index is 1.27. The van der Waals surface area contributed by atoms with Crippen molar-refractivity contribution in [2.45, 2.75) is 155 Å². The molecular weight excluding hydrogens is 367 g/mol. The monoisotopic (exact) mass is 421 g/mol. The van der Waals surface area contributed by atoms with Gasteiger partial charge in [-0.2, -0.15) is 0 Å². The van der Waals surface area contributed by atoms with Gasteiger partial charge in [0.15, 0.2) is 0 Å². The van der Waals surface area contributed by atoms with Crippen LogP contribution < -0.4 is 0 Å². The van der Waals surface area contributed by atoms with Crippen molar-refractivity contribution in [3.8, 4) is 0 Å². The molecule has 0 aromatic rings. The van der Waals surface area contributed by atoms with Crippen molar-refractivity contribution in [3.63, 3.8) is 0 Å². The van der Waals surface area contributed by atoms with Crippen LogP contribution in [0.2, 0.25) is 0 Å². The van der Waals surface area contributed by atoms with E-state index in [0.717, 1.165) is 0 Å². The van der Waals surface area contributed by atoms with Crippen LogP contribution in [0.1, 0.15) is 155 Å². The van der Waals surface area contributed by atoms with E-state index in [9.17, 15) is 0 Å². The molecule has 0 nitrogen and oxygen atoms in total. The Morgan fingerprint density at radius 3 is 0.966 bits per heavy atom. The van der Waals surface area contributed by atoms with Crippen molar-refractivity contribution < 1.29 is 0 Å². The summed E-state index contributed by atoms with van der Waals surface area (Å²) >= 11 is 0. The Bertz CT molecular complexity index is 299. The Labute approximate surface area is 187 Å². The number of allylic oxidation sites excluding steroid dienone is 2. The van der Waals surface area contributed by atoms with E-state index in [-0.39, 0.29) is 0 Å². The second kappa shape index (κ2) is 27.9. The largest absolute Gasteiger partial charge is 0.0834 e. The molecule has 0 atom stereocenters. The molecule has 0 bridgehead atoms. The second-order valence-electron chi connectivity index (χ2n) is 8.86. The van der Waals surface area contributed by atoms with Crippen LogP contribution in [0.15, 0.2) is 23.8 Å². The molecule has 0 spiro atoms. The van der Waals surface area contributed by atoms with Crippen LogP contribution in [0, 0.1) is 0 Å². The molecule has 0 saturated heterocycles. The predicted octanol–water partition coefficient (Wildman–Crippen LogP) is 11.6. The van der Waals surface area contributed by atoms with E-state index in [1.165, 1.54) is 150 Å². The van der Waals surface area contributed by atoms with E-state index in [0.29, 0.717) is 0 Å². The van der Waals surface area contributed by atoms with Crippen molar-refractivity contribution in [2.75, 3.05) is 0 Å². The van der Waals surface area contributed by atoms with Gasteiger partial charge in [-0.05, 0) is 34.3 Å². The quantitative estimate of drug-likeness (QED) is 0.107. The standard InChI is InChI=1S/C28H54P/c1-3-5-7-9-11-13-15-17-19-21-23-25-27-29-28-26-24-22-20-18-16-14-12-10-8-6-4-2/h25-28H,3-24H2,1-2H3/b27-25+,28-26+. The van der Waals surface area contributed by atoms with Gasteiger partial charge < -0.3 is 0 Å². The molecule has 0 aliphatic rings. The molecule has 0 saturated carbocycles. The summed E-state index contributed by atoms with van der Waals surface area (Å²) in [5.74, 6) is 4.67. The molecule has 0 aromatic heterocycles. The topological polar surface area (TPSA) is 0 Å². The van der Waals surface area contributed by atoms with Gasteiger partial charge in [-0.15, -0.1) is 0 Å². The Hall–Kier alpha value is -0.0900. The van der Waals surface area contributed by atoms with E-state index in [1.54, 1.807) is 0 Å². The number of hydrogen-bond acceptors (Lipinski definition) is 0. The zero-order chi connectivity index (χ0) is 21.1. The fraction of sp³-hybridized carbons (Fsp3) is 0.857. The van der Waals surface area contributed by atoms with Crippen molar-refractivity contribution >= 4 is 8.58 Å². The van der Waals surface area contributed by atoms with Gasteiger partial charge in [0.25, 0.3) is 0 Å². The minimum Gasteiger partial charge on any atom is -0.0834 e. The normalized spacial score (nSPS) is 11.9. The lowest BCUT2D eigenvalue weighted by Crippen LogP contribution is -1.81. The summed E-state index contributed by atoms with van der Waals surface area (Å²) in [4.78, 5) is 0. The number of unbranched alkanes of at least 4 members (excludes halogenated alkanes) is 20. The first kappa shape index (κ1) is 28.9. The van der Waals surface area contributed by atoms with Gasteiger partial charge >= 0.3 is 0 Å². The highest BCUT2D eigenvalue weighted by Gasteiger charge is 1.93. The molecule has 0 unspecified atom stereocenters.